The van der Waals surface area contributed by atoms with Crippen LogP contribution in [0.15, 0.2) is 41.6 Å². The molecule has 0 saturated carbocycles. The van der Waals surface area contributed by atoms with Crippen LogP contribution in [0.4, 0.5) is 13.2 Å². The second-order valence-corrected chi connectivity index (χ2v) is 4.69. The largest absolute Gasteiger partial charge is 0.484 e. The minimum atomic E-state index is -4.34. The summed E-state index contributed by atoms with van der Waals surface area (Å²) < 4.78 is 41.2. The van der Waals surface area contributed by atoms with Gasteiger partial charge in [-0.3, -0.25) is 0 Å². The molecular formula is C14H11F3OS. The molecule has 19 heavy (non-hydrogen) atoms. The number of rotatable bonds is 4. The van der Waals surface area contributed by atoms with Crippen molar-refractivity contribution in [1.29, 1.82) is 0 Å². The van der Waals surface area contributed by atoms with Gasteiger partial charge in [0.25, 0.3) is 0 Å². The first kappa shape index (κ1) is 13.7. The van der Waals surface area contributed by atoms with E-state index in [2.05, 4.69) is 6.58 Å². The highest BCUT2D eigenvalue weighted by Gasteiger charge is 2.28. The number of alkyl halides is 3. The molecule has 0 atom stereocenters. The number of ether oxygens (including phenoxy) is 1. The lowest BCUT2D eigenvalue weighted by Crippen LogP contribution is -2.19. The van der Waals surface area contributed by atoms with Crippen LogP contribution in [0.1, 0.15) is 5.56 Å². The molecule has 1 aromatic carbocycles. The molecule has 0 radical (unpaired) electrons. The Bertz CT molecular complexity index is 559. The van der Waals surface area contributed by atoms with Crippen molar-refractivity contribution in [3.8, 4) is 16.9 Å². The highest BCUT2D eigenvalue weighted by molar-refractivity contribution is 7.08. The molecule has 100 valence electrons. The fourth-order valence-electron chi connectivity index (χ4n) is 1.58. The van der Waals surface area contributed by atoms with Gasteiger partial charge in [0.1, 0.15) is 5.75 Å². The standard InChI is InChI=1S/C14H11F3OS/c1-2-10-5-12(11-3-4-19-8-11)7-13(6-10)18-9-14(15,16)17/h2-8H,1,9H2. The van der Waals surface area contributed by atoms with E-state index in [1.807, 2.05) is 22.9 Å². The van der Waals surface area contributed by atoms with E-state index in [1.54, 1.807) is 12.1 Å². The van der Waals surface area contributed by atoms with Crippen molar-refractivity contribution >= 4 is 17.4 Å². The number of hydrogen-bond acceptors (Lipinski definition) is 2. The Hall–Kier alpha value is -1.75. The molecule has 0 bridgehead atoms. The summed E-state index contributed by atoms with van der Waals surface area (Å²) in [4.78, 5) is 0. The van der Waals surface area contributed by atoms with Crippen LogP contribution >= 0.6 is 11.3 Å². The molecular weight excluding hydrogens is 273 g/mol. The summed E-state index contributed by atoms with van der Waals surface area (Å²) in [5.41, 5.74) is 2.49. The van der Waals surface area contributed by atoms with Gasteiger partial charge in [0.15, 0.2) is 6.61 Å². The molecule has 5 heteroatoms. The van der Waals surface area contributed by atoms with Crippen molar-refractivity contribution in [3.05, 3.63) is 47.2 Å². The summed E-state index contributed by atoms with van der Waals surface area (Å²) in [5, 5.41) is 3.84. The molecule has 2 rings (SSSR count). The Morgan fingerprint density at radius 2 is 2.00 bits per heavy atom. The Morgan fingerprint density at radius 3 is 2.58 bits per heavy atom. The van der Waals surface area contributed by atoms with Crippen molar-refractivity contribution in [1.82, 2.24) is 0 Å². The molecule has 0 fully saturated rings. The first-order valence-corrected chi connectivity index (χ1v) is 6.42. The van der Waals surface area contributed by atoms with Gasteiger partial charge < -0.3 is 4.74 Å². The number of halogens is 3. The summed E-state index contributed by atoms with van der Waals surface area (Å²) in [6.45, 7) is 2.33. The zero-order valence-corrected chi connectivity index (χ0v) is 10.7. The van der Waals surface area contributed by atoms with Crippen LogP contribution in [0.25, 0.3) is 17.2 Å². The maximum absolute atomic E-state index is 12.2. The lowest BCUT2D eigenvalue weighted by Gasteiger charge is -2.11. The smallest absolute Gasteiger partial charge is 0.422 e. The summed E-state index contributed by atoms with van der Waals surface area (Å²) in [5.74, 6) is 0.191. The summed E-state index contributed by atoms with van der Waals surface area (Å²) in [7, 11) is 0. The topological polar surface area (TPSA) is 9.23 Å². The van der Waals surface area contributed by atoms with Crippen LogP contribution in [0.3, 0.4) is 0 Å². The minimum absolute atomic E-state index is 0.191. The van der Waals surface area contributed by atoms with Crippen molar-refractivity contribution < 1.29 is 17.9 Å². The molecule has 1 heterocycles. The highest BCUT2D eigenvalue weighted by atomic mass is 32.1. The lowest BCUT2D eigenvalue weighted by atomic mass is 10.1. The predicted molar refractivity (Wildman–Crippen MR) is 71.4 cm³/mol. The predicted octanol–water partition coefficient (Wildman–Crippen LogP) is 5.00. The third-order valence-corrected chi connectivity index (χ3v) is 3.10. The second-order valence-electron chi connectivity index (χ2n) is 3.91. The first-order valence-electron chi connectivity index (χ1n) is 5.47. The van der Waals surface area contributed by atoms with E-state index >= 15 is 0 Å². The van der Waals surface area contributed by atoms with Crippen LogP contribution < -0.4 is 4.74 Å². The Labute approximate surface area is 113 Å². The maximum atomic E-state index is 12.2. The third-order valence-electron chi connectivity index (χ3n) is 2.42. The normalized spacial score (nSPS) is 11.3. The minimum Gasteiger partial charge on any atom is -0.484 e. The number of thiophene rings is 1. The van der Waals surface area contributed by atoms with Gasteiger partial charge in [-0.1, -0.05) is 12.7 Å². The molecule has 0 aliphatic heterocycles. The van der Waals surface area contributed by atoms with E-state index < -0.39 is 12.8 Å². The zero-order valence-electron chi connectivity index (χ0n) is 9.91. The van der Waals surface area contributed by atoms with E-state index in [4.69, 9.17) is 4.74 Å². The van der Waals surface area contributed by atoms with Crippen molar-refractivity contribution in [2.24, 2.45) is 0 Å². The quantitative estimate of drug-likeness (QED) is 0.767. The molecule has 0 aliphatic rings. The average molecular weight is 284 g/mol. The Morgan fingerprint density at radius 1 is 1.21 bits per heavy atom. The van der Waals surface area contributed by atoms with Gasteiger partial charge in [-0.15, -0.1) is 0 Å². The van der Waals surface area contributed by atoms with Crippen LogP contribution in [0.5, 0.6) is 5.75 Å². The van der Waals surface area contributed by atoms with E-state index in [1.165, 1.54) is 17.4 Å². The lowest BCUT2D eigenvalue weighted by molar-refractivity contribution is -0.153. The summed E-state index contributed by atoms with van der Waals surface area (Å²) >= 11 is 1.52. The fraction of sp³-hybridized carbons (Fsp3) is 0.143. The monoisotopic (exact) mass is 284 g/mol. The van der Waals surface area contributed by atoms with Gasteiger partial charge in [-0.05, 0) is 51.7 Å². The molecule has 1 nitrogen and oxygen atoms in total. The van der Waals surface area contributed by atoms with Gasteiger partial charge in [0.05, 0.1) is 0 Å². The highest BCUT2D eigenvalue weighted by Crippen LogP contribution is 2.29. The van der Waals surface area contributed by atoms with Gasteiger partial charge in [-0.2, -0.15) is 24.5 Å². The molecule has 0 spiro atoms. The van der Waals surface area contributed by atoms with Gasteiger partial charge in [0.2, 0.25) is 0 Å². The number of benzene rings is 1. The van der Waals surface area contributed by atoms with Crippen LogP contribution in [0.2, 0.25) is 0 Å². The van der Waals surface area contributed by atoms with E-state index in [9.17, 15) is 13.2 Å². The van der Waals surface area contributed by atoms with E-state index in [0.29, 0.717) is 0 Å². The zero-order chi connectivity index (χ0) is 13.9. The Kier molecular flexibility index (Phi) is 3.95. The van der Waals surface area contributed by atoms with Crippen molar-refractivity contribution in [3.63, 3.8) is 0 Å². The molecule has 0 saturated heterocycles. The third kappa shape index (κ3) is 3.86. The Balaban J connectivity index is 2.29. The van der Waals surface area contributed by atoms with Crippen LogP contribution in [-0.4, -0.2) is 12.8 Å². The average Bonchev–Trinajstić information content (AvgIpc) is 2.89. The van der Waals surface area contributed by atoms with Gasteiger partial charge >= 0.3 is 6.18 Å². The van der Waals surface area contributed by atoms with Crippen LogP contribution in [-0.2, 0) is 0 Å². The van der Waals surface area contributed by atoms with Crippen molar-refractivity contribution in [2.45, 2.75) is 6.18 Å². The number of hydrogen-bond donors (Lipinski definition) is 0. The summed E-state index contributed by atoms with van der Waals surface area (Å²) in [6, 6.07) is 6.89. The molecule has 1 aromatic heterocycles. The van der Waals surface area contributed by atoms with Crippen LogP contribution in [0, 0.1) is 0 Å². The van der Waals surface area contributed by atoms with Gasteiger partial charge in [-0.25, -0.2) is 0 Å². The fourth-order valence-corrected chi connectivity index (χ4v) is 2.25. The second kappa shape index (κ2) is 5.48. The molecule has 0 amide bonds. The molecule has 0 N–H and O–H groups in total. The molecule has 0 aliphatic carbocycles. The van der Waals surface area contributed by atoms with E-state index in [0.717, 1.165) is 16.7 Å². The molecule has 0 unspecified atom stereocenters. The summed E-state index contributed by atoms with van der Waals surface area (Å²) in [6.07, 6.45) is -2.76. The molecule has 2 aromatic rings. The SMILES string of the molecule is C=Cc1cc(OCC(F)(F)F)cc(-c2ccsc2)c1. The maximum Gasteiger partial charge on any atom is 0.422 e. The van der Waals surface area contributed by atoms with Crippen molar-refractivity contribution in [2.75, 3.05) is 6.61 Å². The van der Waals surface area contributed by atoms with Gasteiger partial charge in [0, 0.05) is 0 Å². The van der Waals surface area contributed by atoms with E-state index in [-0.39, 0.29) is 5.75 Å². The first-order chi connectivity index (χ1) is 8.98.